The van der Waals surface area contributed by atoms with E-state index in [4.69, 9.17) is 9.84 Å². The molecule has 2 N–H and O–H groups in total. The topological polar surface area (TPSA) is 44.7 Å². The van der Waals surface area contributed by atoms with Crippen molar-refractivity contribution >= 4 is 11.4 Å². The van der Waals surface area contributed by atoms with Crippen LogP contribution in [0.1, 0.15) is 11.1 Å². The van der Waals surface area contributed by atoms with E-state index < -0.39 is 0 Å². The lowest BCUT2D eigenvalue weighted by molar-refractivity contribution is 0.304. The molecule has 3 rings (SSSR count). The molecule has 1 heterocycles. The van der Waals surface area contributed by atoms with E-state index >= 15 is 0 Å². The van der Waals surface area contributed by atoms with Crippen LogP contribution in [0, 0.1) is 0 Å². The summed E-state index contributed by atoms with van der Waals surface area (Å²) < 4.78 is 5.53. The van der Waals surface area contributed by atoms with Crippen molar-refractivity contribution in [2.24, 2.45) is 0 Å². The van der Waals surface area contributed by atoms with E-state index in [-0.39, 0.29) is 6.61 Å². The molecule has 0 fully saturated rings. The highest BCUT2D eigenvalue weighted by molar-refractivity contribution is 5.55. The van der Waals surface area contributed by atoms with Gasteiger partial charge in [0.05, 0.1) is 13.2 Å². The number of ether oxygens (including phenoxy) is 1. The molecular formula is C18H22N2O2. The highest BCUT2D eigenvalue weighted by atomic mass is 16.5. The van der Waals surface area contributed by atoms with Gasteiger partial charge in [-0.2, -0.15) is 0 Å². The van der Waals surface area contributed by atoms with E-state index in [1.54, 1.807) is 0 Å². The number of benzene rings is 2. The van der Waals surface area contributed by atoms with Gasteiger partial charge in [-0.15, -0.1) is 0 Å². The standard InChI is InChI=1S/C18H22N2O2/c1-20(9-10-21)17-5-3-16(4-6-17)19-13-14-2-7-18-15(12-14)8-11-22-18/h2-7,12,19,21H,8-11,13H2,1H3. The number of aliphatic hydroxyl groups excluding tert-OH is 1. The summed E-state index contributed by atoms with van der Waals surface area (Å²) in [5.41, 5.74) is 4.78. The summed E-state index contributed by atoms with van der Waals surface area (Å²) in [7, 11) is 1.98. The highest BCUT2D eigenvalue weighted by Gasteiger charge is 2.11. The fraction of sp³-hybridized carbons (Fsp3) is 0.333. The Hall–Kier alpha value is -2.20. The SMILES string of the molecule is CN(CCO)c1ccc(NCc2ccc3c(c2)CCO3)cc1. The second kappa shape index (κ2) is 6.71. The third-order valence-electron chi connectivity index (χ3n) is 3.99. The summed E-state index contributed by atoms with van der Waals surface area (Å²) in [4.78, 5) is 2.03. The maximum absolute atomic E-state index is 8.97. The molecule has 4 heteroatoms. The Labute approximate surface area is 131 Å². The highest BCUT2D eigenvalue weighted by Crippen LogP contribution is 2.26. The minimum atomic E-state index is 0.165. The normalized spacial score (nSPS) is 12.6. The number of aliphatic hydroxyl groups is 1. The quantitative estimate of drug-likeness (QED) is 0.860. The van der Waals surface area contributed by atoms with Crippen molar-refractivity contribution in [2.75, 3.05) is 37.0 Å². The second-order valence-corrected chi connectivity index (χ2v) is 5.59. The molecule has 0 spiro atoms. The number of hydrogen-bond acceptors (Lipinski definition) is 4. The monoisotopic (exact) mass is 298 g/mol. The van der Waals surface area contributed by atoms with Crippen LogP contribution in [0.25, 0.3) is 0 Å². The van der Waals surface area contributed by atoms with E-state index in [0.29, 0.717) is 6.54 Å². The van der Waals surface area contributed by atoms with E-state index in [2.05, 4.69) is 47.8 Å². The van der Waals surface area contributed by atoms with Gasteiger partial charge in [0.15, 0.2) is 0 Å². The Balaban J connectivity index is 1.59. The summed E-state index contributed by atoms with van der Waals surface area (Å²) >= 11 is 0. The average molecular weight is 298 g/mol. The van der Waals surface area contributed by atoms with Crippen LogP contribution in [-0.4, -0.2) is 31.9 Å². The third-order valence-corrected chi connectivity index (χ3v) is 3.99. The third kappa shape index (κ3) is 3.34. The van der Waals surface area contributed by atoms with Gasteiger partial charge in [0.2, 0.25) is 0 Å². The minimum absolute atomic E-state index is 0.165. The van der Waals surface area contributed by atoms with Crippen LogP contribution in [0.4, 0.5) is 11.4 Å². The fourth-order valence-corrected chi connectivity index (χ4v) is 2.67. The van der Waals surface area contributed by atoms with Crippen LogP contribution in [0.3, 0.4) is 0 Å². The van der Waals surface area contributed by atoms with Crippen molar-refractivity contribution in [3.05, 3.63) is 53.6 Å². The van der Waals surface area contributed by atoms with Crippen molar-refractivity contribution in [2.45, 2.75) is 13.0 Å². The van der Waals surface area contributed by atoms with Gasteiger partial charge >= 0.3 is 0 Å². The number of hydrogen-bond donors (Lipinski definition) is 2. The molecule has 4 nitrogen and oxygen atoms in total. The fourth-order valence-electron chi connectivity index (χ4n) is 2.67. The number of likely N-dealkylation sites (N-methyl/N-ethyl adjacent to an activating group) is 1. The maximum Gasteiger partial charge on any atom is 0.122 e. The molecule has 0 unspecified atom stereocenters. The molecule has 1 aliphatic rings. The second-order valence-electron chi connectivity index (χ2n) is 5.59. The van der Waals surface area contributed by atoms with E-state index in [1.807, 2.05) is 11.9 Å². The Kier molecular flexibility index (Phi) is 4.49. The number of nitrogens with zero attached hydrogens (tertiary/aromatic N) is 1. The first-order valence-corrected chi connectivity index (χ1v) is 7.67. The molecule has 2 aromatic carbocycles. The summed E-state index contributed by atoms with van der Waals surface area (Å²) in [5.74, 6) is 1.03. The van der Waals surface area contributed by atoms with E-state index in [9.17, 15) is 0 Å². The van der Waals surface area contributed by atoms with E-state index in [1.165, 1.54) is 11.1 Å². The van der Waals surface area contributed by atoms with Crippen molar-refractivity contribution < 1.29 is 9.84 Å². The van der Waals surface area contributed by atoms with Crippen LogP contribution in [-0.2, 0) is 13.0 Å². The van der Waals surface area contributed by atoms with Crippen molar-refractivity contribution in [1.82, 2.24) is 0 Å². The zero-order valence-corrected chi connectivity index (χ0v) is 12.9. The number of anilines is 2. The molecule has 0 amide bonds. The number of nitrogens with one attached hydrogen (secondary N) is 1. The van der Waals surface area contributed by atoms with Crippen LogP contribution >= 0.6 is 0 Å². The largest absolute Gasteiger partial charge is 0.493 e. The smallest absolute Gasteiger partial charge is 0.122 e. The van der Waals surface area contributed by atoms with E-state index in [0.717, 1.165) is 36.7 Å². The summed E-state index contributed by atoms with van der Waals surface area (Å²) in [6, 6.07) is 14.7. The molecule has 1 aliphatic heterocycles. The predicted octanol–water partition coefficient (Wildman–Crippen LogP) is 2.66. The van der Waals surface area contributed by atoms with Gasteiger partial charge in [0.1, 0.15) is 5.75 Å². The summed E-state index contributed by atoms with van der Waals surface area (Å²) in [5, 5.41) is 12.4. The predicted molar refractivity (Wildman–Crippen MR) is 89.8 cm³/mol. The van der Waals surface area contributed by atoms with Gasteiger partial charge in [0.25, 0.3) is 0 Å². The van der Waals surface area contributed by atoms with Crippen LogP contribution < -0.4 is 15.0 Å². The molecule has 0 saturated heterocycles. The first-order valence-electron chi connectivity index (χ1n) is 7.67. The lowest BCUT2D eigenvalue weighted by Crippen LogP contribution is -2.20. The Morgan fingerprint density at radius 3 is 2.77 bits per heavy atom. The molecule has 0 aromatic heterocycles. The van der Waals surface area contributed by atoms with Gasteiger partial charge < -0.3 is 20.1 Å². The van der Waals surface area contributed by atoms with Gasteiger partial charge in [0, 0.05) is 37.9 Å². The van der Waals surface area contributed by atoms with Crippen molar-refractivity contribution in [3.8, 4) is 5.75 Å². The first kappa shape index (κ1) is 14.7. The number of fused-ring (bicyclic) bond motifs is 1. The van der Waals surface area contributed by atoms with Crippen LogP contribution in [0.5, 0.6) is 5.75 Å². The Bertz CT molecular complexity index is 625. The summed E-state index contributed by atoms with van der Waals surface area (Å²) in [6.45, 7) is 2.41. The minimum Gasteiger partial charge on any atom is -0.493 e. The Morgan fingerprint density at radius 2 is 2.00 bits per heavy atom. The van der Waals surface area contributed by atoms with Gasteiger partial charge in [-0.3, -0.25) is 0 Å². The lowest BCUT2D eigenvalue weighted by Gasteiger charge is -2.18. The first-order chi connectivity index (χ1) is 10.8. The molecule has 2 aromatic rings. The molecular weight excluding hydrogens is 276 g/mol. The molecule has 0 saturated carbocycles. The molecule has 22 heavy (non-hydrogen) atoms. The molecule has 0 radical (unpaired) electrons. The maximum atomic E-state index is 8.97. The van der Waals surface area contributed by atoms with Gasteiger partial charge in [-0.05, 0) is 41.5 Å². The summed E-state index contributed by atoms with van der Waals surface area (Å²) in [6.07, 6.45) is 1.01. The average Bonchev–Trinajstić information content (AvgIpc) is 3.01. The molecule has 0 atom stereocenters. The molecule has 0 bridgehead atoms. The van der Waals surface area contributed by atoms with Crippen LogP contribution in [0.15, 0.2) is 42.5 Å². The van der Waals surface area contributed by atoms with Gasteiger partial charge in [-0.1, -0.05) is 12.1 Å². The van der Waals surface area contributed by atoms with Crippen LogP contribution in [0.2, 0.25) is 0 Å². The molecule has 0 aliphatic carbocycles. The zero-order chi connectivity index (χ0) is 15.4. The van der Waals surface area contributed by atoms with Crippen molar-refractivity contribution in [3.63, 3.8) is 0 Å². The zero-order valence-electron chi connectivity index (χ0n) is 12.9. The Morgan fingerprint density at radius 1 is 1.18 bits per heavy atom. The van der Waals surface area contributed by atoms with Gasteiger partial charge in [-0.25, -0.2) is 0 Å². The molecule has 116 valence electrons. The van der Waals surface area contributed by atoms with Crippen molar-refractivity contribution in [1.29, 1.82) is 0 Å². The lowest BCUT2D eigenvalue weighted by atomic mass is 10.1. The number of rotatable bonds is 6.